The van der Waals surface area contributed by atoms with E-state index in [1.54, 1.807) is 11.3 Å². The van der Waals surface area contributed by atoms with E-state index in [-0.39, 0.29) is 6.10 Å². The SMILES string of the molecule is c1ccc(-c2nnc(N3C[C@@H]4NCCO[C@H]4C3)s2)cc1. The predicted octanol–water partition coefficient (Wildman–Crippen LogP) is 1.38. The molecule has 0 spiro atoms. The maximum Gasteiger partial charge on any atom is 0.208 e. The first-order chi connectivity index (χ1) is 9.90. The lowest BCUT2D eigenvalue weighted by Gasteiger charge is -2.25. The van der Waals surface area contributed by atoms with Crippen LogP contribution in [0.4, 0.5) is 5.13 Å². The van der Waals surface area contributed by atoms with Gasteiger partial charge in [-0.05, 0) is 0 Å². The number of anilines is 1. The fourth-order valence-electron chi connectivity index (χ4n) is 2.79. The molecule has 2 aliphatic rings. The number of hydrogen-bond donors (Lipinski definition) is 1. The van der Waals surface area contributed by atoms with Crippen LogP contribution in [0.1, 0.15) is 0 Å². The lowest BCUT2D eigenvalue weighted by atomic mass is 10.2. The van der Waals surface area contributed by atoms with Crippen LogP contribution >= 0.6 is 11.3 Å². The van der Waals surface area contributed by atoms with Crippen molar-refractivity contribution in [2.45, 2.75) is 12.1 Å². The Morgan fingerprint density at radius 1 is 1.20 bits per heavy atom. The summed E-state index contributed by atoms with van der Waals surface area (Å²) >= 11 is 1.65. The molecule has 1 aromatic heterocycles. The van der Waals surface area contributed by atoms with Crippen molar-refractivity contribution >= 4 is 16.5 Å². The van der Waals surface area contributed by atoms with E-state index in [9.17, 15) is 0 Å². The molecule has 1 aromatic carbocycles. The van der Waals surface area contributed by atoms with E-state index in [2.05, 4.69) is 32.5 Å². The van der Waals surface area contributed by atoms with E-state index < -0.39 is 0 Å². The number of rotatable bonds is 2. The highest BCUT2D eigenvalue weighted by Crippen LogP contribution is 2.31. The van der Waals surface area contributed by atoms with Crippen LogP contribution in [-0.4, -0.2) is 48.6 Å². The molecule has 6 heteroatoms. The van der Waals surface area contributed by atoms with Gasteiger partial charge in [-0.3, -0.25) is 0 Å². The molecule has 0 saturated carbocycles. The van der Waals surface area contributed by atoms with Crippen LogP contribution in [0.2, 0.25) is 0 Å². The lowest BCUT2D eigenvalue weighted by Crippen LogP contribution is -2.47. The van der Waals surface area contributed by atoms with Crippen LogP contribution in [0.3, 0.4) is 0 Å². The Labute approximate surface area is 121 Å². The zero-order valence-corrected chi connectivity index (χ0v) is 11.8. The average Bonchev–Trinajstić information content (AvgIpc) is 3.14. The Hall–Kier alpha value is -1.50. The van der Waals surface area contributed by atoms with Gasteiger partial charge in [-0.15, -0.1) is 10.2 Å². The first-order valence-corrected chi connectivity index (χ1v) is 7.71. The minimum atomic E-state index is 0.285. The Morgan fingerprint density at radius 3 is 2.95 bits per heavy atom. The molecule has 5 nitrogen and oxygen atoms in total. The monoisotopic (exact) mass is 288 g/mol. The molecule has 2 aliphatic heterocycles. The highest BCUT2D eigenvalue weighted by atomic mass is 32.1. The van der Waals surface area contributed by atoms with E-state index in [4.69, 9.17) is 4.74 Å². The van der Waals surface area contributed by atoms with Crippen LogP contribution in [0, 0.1) is 0 Å². The molecule has 0 unspecified atom stereocenters. The fourth-order valence-corrected chi connectivity index (χ4v) is 3.66. The summed E-state index contributed by atoms with van der Waals surface area (Å²) in [6, 6.07) is 10.6. The van der Waals surface area contributed by atoms with Crippen molar-refractivity contribution in [3.8, 4) is 10.6 Å². The molecule has 4 rings (SSSR count). The predicted molar refractivity (Wildman–Crippen MR) is 79.1 cm³/mol. The van der Waals surface area contributed by atoms with Crippen LogP contribution in [0.5, 0.6) is 0 Å². The van der Waals surface area contributed by atoms with Crippen LogP contribution < -0.4 is 10.2 Å². The van der Waals surface area contributed by atoms with Crippen LogP contribution in [0.15, 0.2) is 30.3 Å². The van der Waals surface area contributed by atoms with Gasteiger partial charge in [-0.1, -0.05) is 41.7 Å². The molecule has 0 radical (unpaired) electrons. The van der Waals surface area contributed by atoms with Gasteiger partial charge in [0, 0.05) is 25.2 Å². The maximum absolute atomic E-state index is 5.80. The number of morpholine rings is 1. The van der Waals surface area contributed by atoms with Gasteiger partial charge >= 0.3 is 0 Å². The van der Waals surface area contributed by atoms with Crippen molar-refractivity contribution in [2.24, 2.45) is 0 Å². The van der Waals surface area contributed by atoms with Gasteiger partial charge in [0.25, 0.3) is 0 Å². The number of nitrogens with one attached hydrogen (secondary N) is 1. The van der Waals surface area contributed by atoms with Crippen molar-refractivity contribution in [1.82, 2.24) is 15.5 Å². The number of hydrogen-bond acceptors (Lipinski definition) is 6. The van der Waals surface area contributed by atoms with Gasteiger partial charge < -0.3 is 15.0 Å². The molecule has 2 fully saturated rings. The van der Waals surface area contributed by atoms with Crippen LogP contribution in [-0.2, 0) is 4.74 Å². The maximum atomic E-state index is 5.80. The first-order valence-electron chi connectivity index (χ1n) is 6.89. The highest BCUT2D eigenvalue weighted by Gasteiger charge is 2.36. The smallest absolute Gasteiger partial charge is 0.208 e. The molecule has 2 saturated heterocycles. The summed E-state index contributed by atoms with van der Waals surface area (Å²) in [5.41, 5.74) is 1.13. The summed E-state index contributed by atoms with van der Waals surface area (Å²) in [6.45, 7) is 3.61. The minimum Gasteiger partial charge on any atom is -0.373 e. The molecule has 104 valence electrons. The van der Waals surface area contributed by atoms with Gasteiger partial charge in [0.05, 0.1) is 18.8 Å². The van der Waals surface area contributed by atoms with Crippen molar-refractivity contribution in [1.29, 1.82) is 0 Å². The van der Waals surface area contributed by atoms with Gasteiger partial charge in [-0.25, -0.2) is 0 Å². The van der Waals surface area contributed by atoms with Gasteiger partial charge in [0.2, 0.25) is 5.13 Å². The second-order valence-electron chi connectivity index (χ2n) is 5.13. The van der Waals surface area contributed by atoms with E-state index in [1.807, 2.05) is 18.2 Å². The number of nitrogens with zero attached hydrogens (tertiary/aromatic N) is 3. The summed E-state index contributed by atoms with van der Waals surface area (Å²) < 4.78 is 5.80. The number of aromatic nitrogens is 2. The quantitative estimate of drug-likeness (QED) is 0.905. The number of benzene rings is 1. The van der Waals surface area contributed by atoms with E-state index >= 15 is 0 Å². The van der Waals surface area contributed by atoms with Gasteiger partial charge in [0.1, 0.15) is 5.01 Å². The summed E-state index contributed by atoms with van der Waals surface area (Å²) in [5, 5.41) is 14.1. The number of fused-ring (bicyclic) bond motifs is 1. The van der Waals surface area contributed by atoms with Gasteiger partial charge in [0.15, 0.2) is 0 Å². The average molecular weight is 288 g/mol. The Bertz CT molecular complexity index is 574. The van der Waals surface area contributed by atoms with Crippen LogP contribution in [0.25, 0.3) is 10.6 Å². The molecule has 0 amide bonds. The Balaban J connectivity index is 1.54. The van der Waals surface area contributed by atoms with Crippen molar-refractivity contribution in [3.05, 3.63) is 30.3 Å². The van der Waals surface area contributed by atoms with Crippen molar-refractivity contribution in [2.75, 3.05) is 31.1 Å². The largest absolute Gasteiger partial charge is 0.373 e. The molecule has 20 heavy (non-hydrogen) atoms. The Morgan fingerprint density at radius 2 is 2.10 bits per heavy atom. The molecule has 3 heterocycles. The summed E-state index contributed by atoms with van der Waals surface area (Å²) in [4.78, 5) is 2.28. The summed E-state index contributed by atoms with van der Waals surface area (Å²) in [6.07, 6.45) is 0.285. The van der Waals surface area contributed by atoms with E-state index in [0.29, 0.717) is 6.04 Å². The molecule has 1 N–H and O–H groups in total. The topological polar surface area (TPSA) is 50.3 Å². The fraction of sp³-hybridized carbons (Fsp3) is 0.429. The molecule has 2 atom stereocenters. The second kappa shape index (κ2) is 5.12. The van der Waals surface area contributed by atoms with Gasteiger partial charge in [-0.2, -0.15) is 0 Å². The lowest BCUT2D eigenvalue weighted by molar-refractivity contribution is 0.0212. The minimum absolute atomic E-state index is 0.285. The second-order valence-corrected chi connectivity index (χ2v) is 6.09. The Kier molecular flexibility index (Phi) is 3.14. The molecule has 2 aromatic rings. The molecule has 0 bridgehead atoms. The van der Waals surface area contributed by atoms with E-state index in [1.165, 1.54) is 0 Å². The zero-order chi connectivity index (χ0) is 13.4. The molecule has 0 aliphatic carbocycles. The molecular formula is C14H16N4OS. The first kappa shape index (κ1) is 12.3. The normalized spacial score (nSPS) is 25.7. The number of ether oxygens (including phenoxy) is 1. The van der Waals surface area contributed by atoms with E-state index in [0.717, 1.165) is 41.9 Å². The third-order valence-corrected chi connectivity index (χ3v) is 4.85. The third kappa shape index (κ3) is 2.19. The zero-order valence-electron chi connectivity index (χ0n) is 11.0. The van der Waals surface area contributed by atoms with Crippen molar-refractivity contribution in [3.63, 3.8) is 0 Å². The standard InChI is InChI=1S/C14H16N4OS/c1-2-4-10(5-3-1)13-16-17-14(20-13)18-8-11-12(9-18)19-7-6-15-11/h1-5,11-12,15H,6-9H2/t11-,12-/m0/s1. The summed E-state index contributed by atoms with van der Waals surface area (Å²) in [5.74, 6) is 0. The molecular weight excluding hydrogens is 272 g/mol. The van der Waals surface area contributed by atoms with Crippen molar-refractivity contribution < 1.29 is 4.74 Å². The third-order valence-electron chi connectivity index (χ3n) is 3.81. The summed E-state index contributed by atoms with van der Waals surface area (Å²) in [7, 11) is 0. The highest BCUT2D eigenvalue weighted by molar-refractivity contribution is 7.18.